The molecule has 0 saturated heterocycles. The Kier molecular flexibility index (Phi) is 4.44. The summed E-state index contributed by atoms with van der Waals surface area (Å²) in [6.07, 6.45) is 0. The van der Waals surface area contributed by atoms with Gasteiger partial charge in [0, 0.05) is 12.6 Å². The summed E-state index contributed by atoms with van der Waals surface area (Å²) in [7, 11) is -3.01. The molecular formula is C17H11F2N3O3S. The van der Waals surface area contributed by atoms with Crippen molar-refractivity contribution in [2.75, 3.05) is 11.4 Å². The SMILES string of the molecule is CN(c1oc(-c2ccc(F)cc2)nc1C#N)S(=O)(=O)c1cccc(F)c1. The highest BCUT2D eigenvalue weighted by Crippen LogP contribution is 2.30. The van der Waals surface area contributed by atoms with E-state index in [4.69, 9.17) is 4.42 Å². The molecule has 0 N–H and O–H groups in total. The lowest BCUT2D eigenvalue weighted by molar-refractivity contribution is 0.561. The Morgan fingerprint density at radius 2 is 1.81 bits per heavy atom. The van der Waals surface area contributed by atoms with Crippen LogP contribution in [0.1, 0.15) is 5.69 Å². The monoisotopic (exact) mass is 375 g/mol. The van der Waals surface area contributed by atoms with Crippen LogP contribution >= 0.6 is 0 Å². The molecule has 6 nitrogen and oxygen atoms in total. The number of nitriles is 1. The molecule has 0 radical (unpaired) electrons. The molecule has 0 fully saturated rings. The van der Waals surface area contributed by atoms with Gasteiger partial charge in [-0.2, -0.15) is 10.2 Å². The predicted molar refractivity (Wildman–Crippen MR) is 88.6 cm³/mol. The molecule has 0 aliphatic rings. The molecule has 0 aliphatic carbocycles. The minimum Gasteiger partial charge on any atom is -0.418 e. The number of halogens is 2. The van der Waals surface area contributed by atoms with Gasteiger partial charge in [0.15, 0.2) is 0 Å². The second kappa shape index (κ2) is 6.57. The van der Waals surface area contributed by atoms with Gasteiger partial charge in [0.1, 0.15) is 17.7 Å². The molecule has 1 aromatic heterocycles. The summed E-state index contributed by atoms with van der Waals surface area (Å²) in [5.74, 6) is -1.55. The average Bonchev–Trinajstić information content (AvgIpc) is 3.05. The van der Waals surface area contributed by atoms with Crippen molar-refractivity contribution >= 4 is 15.9 Å². The summed E-state index contributed by atoms with van der Waals surface area (Å²) in [5, 5.41) is 9.24. The van der Waals surface area contributed by atoms with Crippen molar-refractivity contribution in [3.63, 3.8) is 0 Å². The quantitative estimate of drug-likeness (QED) is 0.698. The minimum absolute atomic E-state index is 0.0437. The first-order valence-electron chi connectivity index (χ1n) is 7.24. The van der Waals surface area contributed by atoms with Gasteiger partial charge in [-0.3, -0.25) is 0 Å². The Balaban J connectivity index is 2.06. The summed E-state index contributed by atoms with van der Waals surface area (Å²) in [4.78, 5) is 3.64. The van der Waals surface area contributed by atoms with Crippen LogP contribution in [-0.2, 0) is 10.0 Å². The molecule has 0 spiro atoms. The van der Waals surface area contributed by atoms with E-state index in [0.29, 0.717) is 9.87 Å². The molecule has 1 heterocycles. The third-order valence-electron chi connectivity index (χ3n) is 3.55. The van der Waals surface area contributed by atoms with E-state index in [1.165, 1.54) is 36.4 Å². The van der Waals surface area contributed by atoms with Gasteiger partial charge in [0.2, 0.25) is 17.5 Å². The molecule has 0 unspecified atom stereocenters. The number of anilines is 1. The number of oxazole rings is 1. The molecule has 2 aromatic carbocycles. The highest BCUT2D eigenvalue weighted by Gasteiger charge is 2.28. The molecule has 132 valence electrons. The Labute approximate surface area is 148 Å². The van der Waals surface area contributed by atoms with Crippen molar-refractivity contribution in [1.29, 1.82) is 5.26 Å². The van der Waals surface area contributed by atoms with Gasteiger partial charge >= 0.3 is 0 Å². The lowest BCUT2D eigenvalue weighted by Crippen LogP contribution is -2.27. The second-order valence-corrected chi connectivity index (χ2v) is 7.19. The van der Waals surface area contributed by atoms with E-state index in [9.17, 15) is 22.5 Å². The topological polar surface area (TPSA) is 87.2 Å². The zero-order chi connectivity index (χ0) is 18.9. The fraction of sp³-hybridized carbons (Fsp3) is 0.0588. The Morgan fingerprint density at radius 1 is 1.12 bits per heavy atom. The third kappa shape index (κ3) is 3.14. The molecule has 3 aromatic rings. The summed E-state index contributed by atoms with van der Waals surface area (Å²) in [6.45, 7) is 0. The van der Waals surface area contributed by atoms with Gasteiger partial charge in [0.05, 0.1) is 4.90 Å². The zero-order valence-electron chi connectivity index (χ0n) is 13.3. The molecule has 0 amide bonds. The lowest BCUT2D eigenvalue weighted by atomic mass is 10.2. The Bertz CT molecular complexity index is 1100. The van der Waals surface area contributed by atoms with Crippen LogP contribution < -0.4 is 4.31 Å². The normalized spacial score (nSPS) is 11.2. The summed E-state index contributed by atoms with van der Waals surface area (Å²) < 4.78 is 57.9. The van der Waals surface area contributed by atoms with Crippen LogP contribution in [0.5, 0.6) is 0 Å². The molecule has 9 heteroatoms. The highest BCUT2D eigenvalue weighted by molar-refractivity contribution is 7.92. The van der Waals surface area contributed by atoms with Gasteiger partial charge in [-0.15, -0.1) is 0 Å². The number of rotatable bonds is 4. The minimum atomic E-state index is -4.17. The first-order chi connectivity index (χ1) is 12.3. The van der Waals surface area contributed by atoms with Crippen LogP contribution in [-0.4, -0.2) is 20.4 Å². The average molecular weight is 375 g/mol. The molecule has 26 heavy (non-hydrogen) atoms. The van der Waals surface area contributed by atoms with E-state index in [2.05, 4.69) is 4.98 Å². The smallest absolute Gasteiger partial charge is 0.266 e. The summed E-state index contributed by atoms with van der Waals surface area (Å²) in [5.41, 5.74) is 0.0949. The maximum atomic E-state index is 13.4. The van der Waals surface area contributed by atoms with Gasteiger partial charge in [-0.05, 0) is 42.5 Å². The number of benzene rings is 2. The van der Waals surface area contributed by atoms with E-state index in [0.717, 1.165) is 19.2 Å². The van der Waals surface area contributed by atoms with Crippen LogP contribution in [0.3, 0.4) is 0 Å². The van der Waals surface area contributed by atoms with Crippen molar-refractivity contribution in [3.8, 4) is 17.5 Å². The maximum Gasteiger partial charge on any atom is 0.266 e. The molecular weight excluding hydrogens is 364 g/mol. The fourth-order valence-corrected chi connectivity index (χ4v) is 3.38. The number of hydrogen-bond donors (Lipinski definition) is 0. The number of aromatic nitrogens is 1. The van der Waals surface area contributed by atoms with E-state index in [1.807, 2.05) is 0 Å². The van der Waals surface area contributed by atoms with Crippen molar-refractivity contribution in [2.24, 2.45) is 0 Å². The summed E-state index contributed by atoms with van der Waals surface area (Å²) in [6, 6.07) is 11.3. The lowest BCUT2D eigenvalue weighted by Gasteiger charge is -2.16. The van der Waals surface area contributed by atoms with Gasteiger partial charge < -0.3 is 4.42 Å². The largest absolute Gasteiger partial charge is 0.418 e. The Hall–Kier alpha value is -3.25. The van der Waals surface area contributed by atoms with Crippen molar-refractivity contribution in [3.05, 3.63) is 65.9 Å². The fourth-order valence-electron chi connectivity index (χ4n) is 2.21. The Morgan fingerprint density at radius 3 is 2.42 bits per heavy atom. The van der Waals surface area contributed by atoms with Crippen LogP contribution in [0.2, 0.25) is 0 Å². The van der Waals surface area contributed by atoms with Crippen LogP contribution in [0.15, 0.2) is 57.8 Å². The number of hydrogen-bond acceptors (Lipinski definition) is 5. The van der Waals surface area contributed by atoms with E-state index >= 15 is 0 Å². The molecule has 0 atom stereocenters. The van der Waals surface area contributed by atoms with Crippen LogP contribution in [0.4, 0.5) is 14.7 Å². The van der Waals surface area contributed by atoms with E-state index < -0.39 is 21.7 Å². The predicted octanol–water partition coefficient (Wildman–Crippen LogP) is 3.32. The van der Waals surface area contributed by atoms with E-state index in [-0.39, 0.29) is 22.4 Å². The van der Waals surface area contributed by atoms with Gasteiger partial charge in [0.25, 0.3) is 10.0 Å². The maximum absolute atomic E-state index is 13.4. The first-order valence-corrected chi connectivity index (χ1v) is 8.68. The number of nitrogens with zero attached hydrogens (tertiary/aromatic N) is 3. The van der Waals surface area contributed by atoms with Crippen molar-refractivity contribution in [2.45, 2.75) is 4.90 Å². The number of sulfonamides is 1. The third-order valence-corrected chi connectivity index (χ3v) is 5.28. The zero-order valence-corrected chi connectivity index (χ0v) is 14.2. The van der Waals surface area contributed by atoms with Crippen LogP contribution in [0, 0.1) is 23.0 Å². The highest BCUT2D eigenvalue weighted by atomic mass is 32.2. The standard InChI is InChI=1S/C17H11F2N3O3S/c1-22(26(23,24)14-4-2-3-13(19)9-14)17-15(10-20)21-16(25-17)11-5-7-12(18)8-6-11/h2-9H,1H3. The van der Waals surface area contributed by atoms with Crippen molar-refractivity contribution in [1.82, 2.24) is 4.98 Å². The summed E-state index contributed by atoms with van der Waals surface area (Å²) >= 11 is 0. The van der Waals surface area contributed by atoms with Crippen LogP contribution in [0.25, 0.3) is 11.5 Å². The van der Waals surface area contributed by atoms with Crippen molar-refractivity contribution < 1.29 is 21.6 Å². The first kappa shape index (κ1) is 17.6. The second-order valence-electron chi connectivity index (χ2n) is 5.22. The molecule has 3 rings (SSSR count). The van der Waals surface area contributed by atoms with E-state index in [1.54, 1.807) is 6.07 Å². The molecule has 0 bridgehead atoms. The van der Waals surface area contributed by atoms with Gasteiger partial charge in [-0.25, -0.2) is 21.5 Å². The van der Waals surface area contributed by atoms with Gasteiger partial charge in [-0.1, -0.05) is 6.07 Å². The molecule has 0 aliphatic heterocycles. The molecule has 0 saturated carbocycles.